The van der Waals surface area contributed by atoms with E-state index in [1.165, 1.54) is 31.5 Å². The quantitative estimate of drug-likeness (QED) is 0.307. The molecular weight excluding hydrogens is 447 g/mol. The topological polar surface area (TPSA) is 51.7 Å². The number of nitrogens with zero attached hydrogens (tertiary/aromatic N) is 2. The van der Waals surface area contributed by atoms with Gasteiger partial charge >= 0.3 is 18.3 Å². The number of halogens is 5. The van der Waals surface area contributed by atoms with Crippen molar-refractivity contribution in [3.63, 3.8) is 0 Å². The van der Waals surface area contributed by atoms with Gasteiger partial charge in [-0.15, -0.1) is 0 Å². The van der Waals surface area contributed by atoms with Crippen LogP contribution in [-0.2, 0) is 15.7 Å². The van der Waals surface area contributed by atoms with Crippen LogP contribution in [0.15, 0.2) is 55.3 Å². The molecule has 5 nitrogen and oxygen atoms in total. The zero-order valence-electron chi connectivity index (χ0n) is 17.8. The number of benzene rings is 1. The molecule has 1 saturated heterocycles. The maximum absolute atomic E-state index is 13.6. The summed E-state index contributed by atoms with van der Waals surface area (Å²) in [6, 6.07) is 7.54. The van der Waals surface area contributed by atoms with Gasteiger partial charge in [0.2, 0.25) is 0 Å². The molecule has 0 spiro atoms. The Labute approximate surface area is 187 Å². The molecule has 2 heterocycles. The van der Waals surface area contributed by atoms with Gasteiger partial charge in [0, 0.05) is 24.7 Å². The van der Waals surface area contributed by atoms with Gasteiger partial charge in [-0.2, -0.15) is 22.0 Å². The van der Waals surface area contributed by atoms with Gasteiger partial charge in [0.15, 0.2) is 0 Å². The van der Waals surface area contributed by atoms with Gasteiger partial charge in [0.1, 0.15) is 5.82 Å². The molecule has 1 unspecified atom stereocenters. The van der Waals surface area contributed by atoms with Crippen LogP contribution < -0.4 is 4.90 Å². The summed E-state index contributed by atoms with van der Waals surface area (Å²) in [5, 5.41) is 0. The largest absolute Gasteiger partial charge is 0.465 e. The van der Waals surface area contributed by atoms with Crippen LogP contribution in [0.4, 0.5) is 27.8 Å². The lowest BCUT2D eigenvalue weighted by atomic mass is 9.87. The summed E-state index contributed by atoms with van der Waals surface area (Å²) in [6.45, 7) is 3.08. The predicted octanol–water partition coefficient (Wildman–Crippen LogP) is 5.44. The minimum absolute atomic E-state index is 0.148. The van der Waals surface area contributed by atoms with Crippen molar-refractivity contribution in [1.82, 2.24) is 4.98 Å². The van der Waals surface area contributed by atoms with E-state index in [1.54, 1.807) is 11.0 Å². The van der Waals surface area contributed by atoms with Gasteiger partial charge < -0.3 is 14.4 Å². The van der Waals surface area contributed by atoms with E-state index in [2.05, 4.69) is 16.3 Å². The SMILES string of the molecule is C=CC(F)(F)OC[C@@H]1CCC(c2ccc(C(F)(F)F)cc2)CN1c1ccc(C(=O)OC)cn1. The molecule has 0 N–H and O–H groups in total. The number of esters is 1. The monoisotopic (exact) mass is 470 g/mol. The first-order valence-electron chi connectivity index (χ1n) is 10.2. The molecule has 1 aromatic carbocycles. The summed E-state index contributed by atoms with van der Waals surface area (Å²) in [5.41, 5.74) is 0.190. The Kier molecular flexibility index (Phi) is 7.36. The van der Waals surface area contributed by atoms with Crippen LogP contribution >= 0.6 is 0 Å². The normalized spacial score (nSPS) is 19.3. The van der Waals surface area contributed by atoms with Crippen LogP contribution in [0.5, 0.6) is 0 Å². The third-order valence-electron chi connectivity index (χ3n) is 5.58. The number of piperidine rings is 1. The van der Waals surface area contributed by atoms with Crippen molar-refractivity contribution in [3.8, 4) is 0 Å². The summed E-state index contributed by atoms with van der Waals surface area (Å²) >= 11 is 0. The molecule has 178 valence electrons. The van der Waals surface area contributed by atoms with Crippen molar-refractivity contribution in [1.29, 1.82) is 0 Å². The number of pyridine rings is 1. The molecule has 1 aliphatic heterocycles. The van der Waals surface area contributed by atoms with E-state index in [0.717, 1.165) is 12.1 Å². The average Bonchev–Trinajstić information content (AvgIpc) is 2.82. The number of carbonyl (C=O) groups is 1. The van der Waals surface area contributed by atoms with Crippen LogP contribution in [-0.4, -0.2) is 43.4 Å². The van der Waals surface area contributed by atoms with Gasteiger partial charge in [-0.3, -0.25) is 0 Å². The molecule has 10 heteroatoms. The van der Waals surface area contributed by atoms with Gasteiger partial charge in [-0.25, -0.2) is 9.78 Å². The minimum atomic E-state index is -4.43. The highest BCUT2D eigenvalue weighted by Crippen LogP contribution is 2.35. The van der Waals surface area contributed by atoms with Crippen molar-refractivity contribution in [3.05, 3.63) is 71.9 Å². The van der Waals surface area contributed by atoms with Crippen LogP contribution in [0.25, 0.3) is 0 Å². The minimum Gasteiger partial charge on any atom is -0.465 e. The maximum Gasteiger partial charge on any atom is 0.416 e. The number of ether oxygens (including phenoxy) is 2. The zero-order valence-corrected chi connectivity index (χ0v) is 17.8. The second kappa shape index (κ2) is 9.86. The summed E-state index contributed by atoms with van der Waals surface area (Å²) in [6.07, 6.45) is -5.18. The van der Waals surface area contributed by atoms with Crippen molar-refractivity contribution >= 4 is 11.8 Å². The highest BCUT2D eigenvalue weighted by Gasteiger charge is 2.35. The van der Waals surface area contributed by atoms with Crippen molar-refractivity contribution in [2.45, 2.75) is 37.1 Å². The summed E-state index contributed by atoms with van der Waals surface area (Å²) in [4.78, 5) is 17.7. The van der Waals surface area contributed by atoms with E-state index in [-0.39, 0.29) is 18.1 Å². The molecule has 1 fully saturated rings. The van der Waals surface area contributed by atoms with E-state index in [1.807, 2.05) is 0 Å². The van der Waals surface area contributed by atoms with Crippen LogP contribution in [0.1, 0.15) is 40.2 Å². The van der Waals surface area contributed by atoms with Gasteiger partial charge in [0.05, 0.1) is 30.9 Å². The summed E-state index contributed by atoms with van der Waals surface area (Å²) < 4.78 is 75.2. The lowest BCUT2D eigenvalue weighted by Gasteiger charge is -2.41. The highest BCUT2D eigenvalue weighted by molar-refractivity contribution is 5.89. The molecule has 2 aromatic rings. The third-order valence-corrected chi connectivity index (χ3v) is 5.58. The molecule has 1 aliphatic rings. The predicted molar refractivity (Wildman–Crippen MR) is 111 cm³/mol. The lowest BCUT2D eigenvalue weighted by molar-refractivity contribution is -0.203. The number of methoxy groups -OCH3 is 1. The number of hydrogen-bond donors (Lipinski definition) is 0. The van der Waals surface area contributed by atoms with E-state index >= 15 is 0 Å². The van der Waals surface area contributed by atoms with Crippen molar-refractivity contribution < 1.29 is 36.2 Å². The molecule has 0 amide bonds. The molecule has 1 aromatic heterocycles. The first kappa shape index (κ1) is 24.6. The van der Waals surface area contributed by atoms with Crippen LogP contribution in [0.2, 0.25) is 0 Å². The van der Waals surface area contributed by atoms with E-state index in [0.29, 0.717) is 36.8 Å². The average molecular weight is 470 g/mol. The fraction of sp³-hybridized carbons (Fsp3) is 0.391. The molecule has 0 bridgehead atoms. The number of alkyl halides is 5. The first-order chi connectivity index (χ1) is 15.5. The molecule has 0 aliphatic carbocycles. The Hall–Kier alpha value is -3.01. The fourth-order valence-electron chi connectivity index (χ4n) is 3.76. The Balaban J connectivity index is 1.84. The summed E-state index contributed by atoms with van der Waals surface area (Å²) in [7, 11) is 1.24. The third kappa shape index (κ3) is 6.07. The Morgan fingerprint density at radius 1 is 1.15 bits per heavy atom. The highest BCUT2D eigenvalue weighted by atomic mass is 19.4. The molecule has 0 saturated carbocycles. The van der Waals surface area contributed by atoms with Gasteiger partial charge in [-0.05, 0) is 42.7 Å². The van der Waals surface area contributed by atoms with Crippen LogP contribution in [0.3, 0.4) is 0 Å². The number of carbonyl (C=O) groups excluding carboxylic acids is 1. The Morgan fingerprint density at radius 2 is 1.85 bits per heavy atom. The molecule has 3 rings (SSSR count). The lowest BCUT2D eigenvalue weighted by Crippen LogP contribution is -2.46. The van der Waals surface area contributed by atoms with E-state index in [9.17, 15) is 26.7 Å². The number of anilines is 1. The zero-order chi connectivity index (χ0) is 24.2. The Morgan fingerprint density at radius 3 is 2.39 bits per heavy atom. The molecule has 2 atom stereocenters. The Bertz CT molecular complexity index is 962. The van der Waals surface area contributed by atoms with Crippen LogP contribution in [0, 0.1) is 0 Å². The van der Waals surface area contributed by atoms with Crippen molar-refractivity contribution in [2.24, 2.45) is 0 Å². The van der Waals surface area contributed by atoms with E-state index < -0.39 is 29.9 Å². The smallest absolute Gasteiger partial charge is 0.416 e. The first-order valence-corrected chi connectivity index (χ1v) is 10.2. The molecule has 0 radical (unpaired) electrons. The van der Waals surface area contributed by atoms with Gasteiger partial charge in [-0.1, -0.05) is 18.7 Å². The number of rotatable bonds is 7. The number of hydrogen-bond acceptors (Lipinski definition) is 5. The second-order valence-electron chi connectivity index (χ2n) is 7.67. The van der Waals surface area contributed by atoms with E-state index in [4.69, 9.17) is 4.74 Å². The molecule has 33 heavy (non-hydrogen) atoms. The summed E-state index contributed by atoms with van der Waals surface area (Å²) in [5.74, 6) is -0.291. The number of aromatic nitrogens is 1. The molecular formula is C23H23F5N2O3. The maximum atomic E-state index is 13.6. The standard InChI is InChI=1S/C23H23F5N2O3/c1-3-22(24,25)33-14-19-10-6-17(15-4-8-18(9-5-15)23(26,27)28)13-30(19)20-11-7-16(12-29-20)21(31)32-2/h3-5,7-9,11-12,17,19H,1,6,10,13-14H2,2H3/t17?,19-/m0/s1. The fourth-order valence-corrected chi connectivity index (χ4v) is 3.76. The van der Waals surface area contributed by atoms with Crippen molar-refractivity contribution in [2.75, 3.05) is 25.2 Å². The van der Waals surface area contributed by atoms with Gasteiger partial charge in [0.25, 0.3) is 0 Å². The second-order valence-corrected chi connectivity index (χ2v) is 7.67.